The lowest BCUT2D eigenvalue weighted by Crippen LogP contribution is -2.41. The highest BCUT2D eigenvalue weighted by Crippen LogP contribution is 2.37. The van der Waals surface area contributed by atoms with Crippen LogP contribution in [0.1, 0.15) is 18.4 Å². The lowest BCUT2D eigenvalue weighted by molar-refractivity contribution is -0.131. The van der Waals surface area contributed by atoms with Gasteiger partial charge in [-0.25, -0.2) is 4.79 Å². The molecule has 9 nitrogen and oxygen atoms in total. The smallest absolute Gasteiger partial charge is 0.325 e. The molecular weight excluding hydrogens is 468 g/mol. The van der Waals surface area contributed by atoms with Crippen LogP contribution in [-0.4, -0.2) is 40.2 Å². The maximum atomic E-state index is 13.2. The minimum absolute atomic E-state index is 0.131. The van der Waals surface area contributed by atoms with E-state index in [1.165, 1.54) is 0 Å². The van der Waals surface area contributed by atoms with Gasteiger partial charge in [-0.1, -0.05) is 22.0 Å². The molecule has 3 aromatic rings. The predicted molar refractivity (Wildman–Crippen MR) is 111 cm³/mol. The molecule has 1 aromatic heterocycles. The Morgan fingerprint density at radius 2 is 1.81 bits per heavy atom. The van der Waals surface area contributed by atoms with Gasteiger partial charge in [-0.2, -0.15) is 0 Å². The molecule has 0 bridgehead atoms. The Morgan fingerprint density at radius 3 is 2.58 bits per heavy atom. The zero-order valence-corrected chi connectivity index (χ0v) is 18.0. The van der Waals surface area contributed by atoms with Gasteiger partial charge in [-0.3, -0.25) is 9.69 Å². The van der Waals surface area contributed by atoms with Gasteiger partial charge in [-0.15, -0.1) is 10.2 Å². The number of fused-ring (bicyclic) bond motifs is 1. The van der Waals surface area contributed by atoms with Crippen molar-refractivity contribution in [2.24, 2.45) is 0 Å². The minimum Gasteiger partial charge on any atom is -0.486 e. The van der Waals surface area contributed by atoms with E-state index in [4.69, 9.17) is 13.9 Å². The lowest BCUT2D eigenvalue weighted by atomic mass is 9.91. The summed E-state index contributed by atoms with van der Waals surface area (Å²) >= 11 is 3.37. The number of amides is 3. The fourth-order valence-electron chi connectivity index (χ4n) is 3.55. The first-order chi connectivity index (χ1) is 14.9. The Balaban J connectivity index is 1.37. The van der Waals surface area contributed by atoms with E-state index < -0.39 is 17.5 Å². The number of benzene rings is 2. The average molecular weight is 485 g/mol. The van der Waals surface area contributed by atoms with Gasteiger partial charge in [-0.05, 0) is 48.9 Å². The Labute approximate surface area is 185 Å². The molecule has 1 N–H and O–H groups in total. The number of nitrogens with one attached hydrogen (secondary N) is 1. The van der Waals surface area contributed by atoms with E-state index in [9.17, 15) is 9.59 Å². The summed E-state index contributed by atoms with van der Waals surface area (Å²) < 4.78 is 17.7. The maximum absolute atomic E-state index is 13.2. The average Bonchev–Trinajstić information content (AvgIpc) is 3.33. The van der Waals surface area contributed by atoms with Crippen LogP contribution in [0.5, 0.6) is 11.5 Å². The number of carbonyl (C=O) groups is 2. The topological polar surface area (TPSA) is 107 Å². The van der Waals surface area contributed by atoms with Crippen LogP contribution in [0.15, 0.2) is 51.4 Å². The molecule has 1 fully saturated rings. The molecule has 158 valence electrons. The van der Waals surface area contributed by atoms with E-state index in [1.807, 2.05) is 24.3 Å². The van der Waals surface area contributed by atoms with Crippen LogP contribution in [0.25, 0.3) is 11.5 Å². The van der Waals surface area contributed by atoms with Crippen molar-refractivity contribution in [3.63, 3.8) is 0 Å². The largest absolute Gasteiger partial charge is 0.486 e. The van der Waals surface area contributed by atoms with Gasteiger partial charge in [0.25, 0.3) is 5.91 Å². The summed E-state index contributed by atoms with van der Waals surface area (Å²) in [5, 5.41) is 10.8. The number of ether oxygens (including phenoxy) is 2. The van der Waals surface area contributed by atoms with Crippen LogP contribution in [0, 0.1) is 0 Å². The number of hydrogen-bond donors (Lipinski definition) is 1. The first kappa shape index (κ1) is 19.6. The molecule has 3 amide bonds. The monoisotopic (exact) mass is 484 g/mol. The molecule has 0 aliphatic carbocycles. The zero-order valence-electron chi connectivity index (χ0n) is 16.4. The fraction of sp³-hybridized carbons (Fsp3) is 0.238. The third-order valence-electron chi connectivity index (χ3n) is 5.25. The molecule has 0 saturated carbocycles. The third-order valence-corrected chi connectivity index (χ3v) is 5.77. The Hall–Kier alpha value is -3.40. The highest BCUT2D eigenvalue weighted by atomic mass is 79.9. The van der Waals surface area contributed by atoms with Crippen LogP contribution in [0.3, 0.4) is 0 Å². The van der Waals surface area contributed by atoms with E-state index in [0.29, 0.717) is 36.2 Å². The summed E-state index contributed by atoms with van der Waals surface area (Å²) in [5.74, 6) is 1.20. The van der Waals surface area contributed by atoms with Gasteiger partial charge in [0.1, 0.15) is 25.3 Å². The first-order valence-corrected chi connectivity index (χ1v) is 10.4. The quantitative estimate of drug-likeness (QED) is 0.566. The number of nitrogens with zero attached hydrogens (tertiary/aromatic N) is 3. The standard InChI is InChI=1S/C21H17BrN4O5/c1-21(13-4-7-15-16(10-13)30-9-8-29-15)19(27)26(20(28)23-21)11-17-24-25-18(31-17)12-2-5-14(22)6-3-12/h2-7,10H,8-9,11H2,1H3,(H,23,28)/t21-/m0/s1. The van der Waals surface area contributed by atoms with Gasteiger partial charge < -0.3 is 19.2 Å². The number of hydrogen-bond acceptors (Lipinski definition) is 7. The summed E-state index contributed by atoms with van der Waals surface area (Å²) in [7, 11) is 0. The number of rotatable bonds is 4. The number of carbonyl (C=O) groups excluding carboxylic acids is 2. The van der Waals surface area contributed by atoms with Crippen molar-refractivity contribution < 1.29 is 23.5 Å². The van der Waals surface area contributed by atoms with Crippen molar-refractivity contribution in [2.75, 3.05) is 13.2 Å². The fourth-order valence-corrected chi connectivity index (χ4v) is 3.82. The highest BCUT2D eigenvalue weighted by Gasteiger charge is 2.49. The summed E-state index contributed by atoms with van der Waals surface area (Å²) in [6.45, 7) is 2.42. The van der Waals surface area contributed by atoms with E-state index in [-0.39, 0.29) is 12.4 Å². The van der Waals surface area contributed by atoms with Crippen LogP contribution in [0.2, 0.25) is 0 Å². The van der Waals surface area contributed by atoms with Crippen molar-refractivity contribution >= 4 is 27.9 Å². The summed E-state index contributed by atoms with van der Waals surface area (Å²) in [6.07, 6.45) is 0. The second kappa shape index (κ2) is 7.38. The third kappa shape index (κ3) is 3.42. The van der Waals surface area contributed by atoms with Gasteiger partial charge in [0.05, 0.1) is 0 Å². The van der Waals surface area contributed by atoms with Crippen molar-refractivity contribution in [1.82, 2.24) is 20.4 Å². The molecule has 0 unspecified atom stereocenters. The molecule has 1 saturated heterocycles. The lowest BCUT2D eigenvalue weighted by Gasteiger charge is -2.25. The van der Waals surface area contributed by atoms with E-state index in [0.717, 1.165) is 14.9 Å². The van der Waals surface area contributed by atoms with Gasteiger partial charge in [0.2, 0.25) is 11.8 Å². The Morgan fingerprint density at radius 1 is 1.06 bits per heavy atom. The van der Waals surface area contributed by atoms with Crippen LogP contribution in [0.4, 0.5) is 4.79 Å². The van der Waals surface area contributed by atoms with E-state index >= 15 is 0 Å². The van der Waals surface area contributed by atoms with Gasteiger partial charge in [0, 0.05) is 10.0 Å². The number of urea groups is 1. The number of imide groups is 1. The van der Waals surface area contributed by atoms with Crippen LogP contribution >= 0.6 is 15.9 Å². The number of halogens is 1. The molecule has 5 rings (SSSR count). The zero-order chi connectivity index (χ0) is 21.6. The molecule has 10 heteroatoms. The molecule has 3 heterocycles. The Bertz CT molecular complexity index is 1180. The first-order valence-electron chi connectivity index (χ1n) is 9.56. The van der Waals surface area contributed by atoms with Crippen molar-refractivity contribution in [3.05, 3.63) is 58.4 Å². The molecule has 1 atom stereocenters. The van der Waals surface area contributed by atoms with E-state index in [2.05, 4.69) is 31.4 Å². The van der Waals surface area contributed by atoms with Crippen LogP contribution < -0.4 is 14.8 Å². The molecule has 0 radical (unpaired) electrons. The molecule has 31 heavy (non-hydrogen) atoms. The van der Waals surface area contributed by atoms with Crippen molar-refractivity contribution in [2.45, 2.75) is 19.0 Å². The molecule has 2 aliphatic heterocycles. The number of aromatic nitrogens is 2. The van der Waals surface area contributed by atoms with Crippen molar-refractivity contribution in [3.8, 4) is 23.0 Å². The molecule has 0 spiro atoms. The van der Waals surface area contributed by atoms with E-state index in [1.54, 1.807) is 25.1 Å². The summed E-state index contributed by atoms with van der Waals surface area (Å²) in [4.78, 5) is 26.9. The maximum Gasteiger partial charge on any atom is 0.325 e. The molecular formula is C21H17BrN4O5. The second-order valence-electron chi connectivity index (χ2n) is 7.31. The Kier molecular flexibility index (Phi) is 4.66. The van der Waals surface area contributed by atoms with Gasteiger partial charge in [0.15, 0.2) is 11.5 Å². The minimum atomic E-state index is -1.25. The summed E-state index contributed by atoms with van der Waals surface area (Å²) in [5.41, 5.74) is 0.0838. The molecule has 2 aliphatic rings. The summed E-state index contributed by atoms with van der Waals surface area (Å²) in [6, 6.07) is 12.0. The normalized spacial score (nSPS) is 20.1. The SMILES string of the molecule is C[C@@]1(c2ccc3c(c2)OCCO3)NC(=O)N(Cc2nnc(-c3ccc(Br)cc3)o2)C1=O. The second-order valence-corrected chi connectivity index (χ2v) is 8.23. The highest BCUT2D eigenvalue weighted by molar-refractivity contribution is 9.10. The predicted octanol–water partition coefficient (Wildman–Crippen LogP) is 3.24. The van der Waals surface area contributed by atoms with Crippen molar-refractivity contribution in [1.29, 1.82) is 0 Å². The molecule has 2 aromatic carbocycles. The van der Waals surface area contributed by atoms with Crippen LogP contribution in [-0.2, 0) is 16.9 Å². The van der Waals surface area contributed by atoms with Gasteiger partial charge >= 0.3 is 6.03 Å².